The van der Waals surface area contributed by atoms with Crippen molar-refractivity contribution in [2.45, 2.75) is 45.1 Å². The molecule has 1 heterocycles. The lowest BCUT2D eigenvalue weighted by molar-refractivity contribution is -0.118. The summed E-state index contributed by atoms with van der Waals surface area (Å²) in [6, 6.07) is 0.247. The molecule has 0 N–H and O–H groups in total. The molecular weight excluding hydrogens is 238 g/mol. The monoisotopic (exact) mass is 261 g/mol. The molecule has 0 radical (unpaired) electrons. The van der Waals surface area contributed by atoms with Gasteiger partial charge in [-0.2, -0.15) is 0 Å². The van der Waals surface area contributed by atoms with E-state index in [1.807, 2.05) is 0 Å². The zero-order valence-corrected chi connectivity index (χ0v) is 11.6. The van der Waals surface area contributed by atoms with Crippen LogP contribution in [-0.2, 0) is 14.6 Å². The lowest BCUT2D eigenvalue weighted by Gasteiger charge is -2.28. The Kier molecular flexibility index (Phi) is 5.59. The molecule has 17 heavy (non-hydrogen) atoms. The number of hydrogen-bond donors (Lipinski definition) is 0. The number of ketones is 1. The topological polar surface area (TPSA) is 54.5 Å². The molecule has 0 aromatic carbocycles. The van der Waals surface area contributed by atoms with E-state index in [4.69, 9.17) is 0 Å². The summed E-state index contributed by atoms with van der Waals surface area (Å²) in [7, 11) is -2.91. The van der Waals surface area contributed by atoms with E-state index in [9.17, 15) is 13.2 Å². The highest BCUT2D eigenvalue weighted by atomic mass is 32.2. The van der Waals surface area contributed by atoms with Crippen molar-refractivity contribution in [3.8, 4) is 0 Å². The molecule has 5 heteroatoms. The third-order valence-electron chi connectivity index (χ3n) is 3.27. The van der Waals surface area contributed by atoms with Gasteiger partial charge in [0.15, 0.2) is 0 Å². The zero-order chi connectivity index (χ0) is 12.9. The Morgan fingerprint density at radius 2 is 2.00 bits per heavy atom. The number of Topliss-reactive ketones (excluding diaryl/α,β-unsaturated/α-hetero) is 1. The molecule has 1 saturated heterocycles. The van der Waals surface area contributed by atoms with Crippen LogP contribution in [0.1, 0.15) is 39.0 Å². The molecule has 100 valence electrons. The molecule has 4 nitrogen and oxygen atoms in total. The fourth-order valence-corrected chi connectivity index (χ4v) is 2.94. The molecule has 0 saturated carbocycles. The van der Waals surface area contributed by atoms with Gasteiger partial charge in [-0.3, -0.25) is 9.69 Å². The fraction of sp³-hybridized carbons (Fsp3) is 0.917. The van der Waals surface area contributed by atoms with Crippen LogP contribution < -0.4 is 0 Å². The quantitative estimate of drug-likeness (QED) is 0.747. The second-order valence-electron chi connectivity index (χ2n) is 5.08. The molecule has 0 aliphatic carbocycles. The predicted octanol–water partition coefficient (Wildman–Crippen LogP) is 1.25. The van der Waals surface area contributed by atoms with Crippen LogP contribution in [0.2, 0.25) is 0 Å². The Balaban J connectivity index is 2.58. The van der Waals surface area contributed by atoms with E-state index in [0.29, 0.717) is 13.0 Å². The molecule has 0 spiro atoms. The summed E-state index contributed by atoms with van der Waals surface area (Å²) in [6.45, 7) is 3.10. The van der Waals surface area contributed by atoms with Gasteiger partial charge in [-0.1, -0.05) is 12.8 Å². The molecule has 0 amide bonds. The standard InChI is InChI=1S/C12H23NO3S/c1-11(14)10-12-6-4-3-5-7-13(12)8-9-17(2,15)16/h12H,3-10H2,1-2H3. The van der Waals surface area contributed by atoms with Crippen LogP contribution in [0.4, 0.5) is 0 Å². The van der Waals surface area contributed by atoms with Gasteiger partial charge in [0.05, 0.1) is 5.75 Å². The van der Waals surface area contributed by atoms with Gasteiger partial charge in [0.25, 0.3) is 0 Å². The van der Waals surface area contributed by atoms with Crippen molar-refractivity contribution in [2.75, 3.05) is 25.1 Å². The Morgan fingerprint density at radius 1 is 1.29 bits per heavy atom. The van der Waals surface area contributed by atoms with Gasteiger partial charge in [0.2, 0.25) is 0 Å². The number of likely N-dealkylation sites (tertiary alicyclic amines) is 1. The normalized spacial score (nSPS) is 23.3. The van der Waals surface area contributed by atoms with E-state index in [0.717, 1.165) is 25.8 Å². The summed E-state index contributed by atoms with van der Waals surface area (Å²) >= 11 is 0. The number of carbonyl (C=O) groups is 1. The average Bonchev–Trinajstić information content (AvgIpc) is 2.38. The minimum Gasteiger partial charge on any atom is -0.300 e. The molecule has 0 aromatic heterocycles. The maximum absolute atomic E-state index is 11.2. The van der Waals surface area contributed by atoms with Crippen LogP contribution in [-0.4, -0.2) is 50.2 Å². The van der Waals surface area contributed by atoms with Crippen molar-refractivity contribution in [3.05, 3.63) is 0 Å². The second kappa shape index (κ2) is 6.50. The molecule has 1 unspecified atom stereocenters. The number of carbonyl (C=O) groups excluding carboxylic acids is 1. The Bertz CT molecular complexity index is 351. The number of rotatable bonds is 5. The highest BCUT2D eigenvalue weighted by Gasteiger charge is 2.22. The number of hydrogen-bond acceptors (Lipinski definition) is 4. The first-order valence-electron chi connectivity index (χ1n) is 6.30. The molecular formula is C12H23NO3S. The lowest BCUT2D eigenvalue weighted by atomic mass is 10.0. The summed E-state index contributed by atoms with van der Waals surface area (Å²) in [5.74, 6) is 0.391. The van der Waals surface area contributed by atoms with Gasteiger partial charge in [-0.05, 0) is 26.3 Å². The second-order valence-corrected chi connectivity index (χ2v) is 7.33. The van der Waals surface area contributed by atoms with Crippen molar-refractivity contribution in [1.29, 1.82) is 0 Å². The first-order chi connectivity index (χ1) is 7.88. The van der Waals surface area contributed by atoms with Gasteiger partial charge in [0, 0.05) is 25.3 Å². The molecule has 0 bridgehead atoms. The van der Waals surface area contributed by atoms with Crippen molar-refractivity contribution < 1.29 is 13.2 Å². The van der Waals surface area contributed by atoms with E-state index >= 15 is 0 Å². The van der Waals surface area contributed by atoms with E-state index < -0.39 is 9.84 Å². The van der Waals surface area contributed by atoms with Crippen LogP contribution in [0.15, 0.2) is 0 Å². The Morgan fingerprint density at radius 3 is 2.59 bits per heavy atom. The Labute approximate surface area is 104 Å². The summed E-state index contributed by atoms with van der Waals surface area (Å²) in [5, 5.41) is 0. The van der Waals surface area contributed by atoms with Gasteiger partial charge in [-0.25, -0.2) is 8.42 Å². The first kappa shape index (κ1) is 14.6. The van der Waals surface area contributed by atoms with Crippen molar-refractivity contribution >= 4 is 15.6 Å². The van der Waals surface area contributed by atoms with Crippen LogP contribution in [0.25, 0.3) is 0 Å². The third-order valence-corrected chi connectivity index (χ3v) is 4.20. The van der Waals surface area contributed by atoms with Crippen LogP contribution in [0, 0.1) is 0 Å². The maximum Gasteiger partial charge on any atom is 0.148 e. The largest absolute Gasteiger partial charge is 0.300 e. The van der Waals surface area contributed by atoms with Gasteiger partial charge in [-0.15, -0.1) is 0 Å². The first-order valence-corrected chi connectivity index (χ1v) is 8.36. The van der Waals surface area contributed by atoms with Crippen molar-refractivity contribution in [3.63, 3.8) is 0 Å². The molecule has 1 aliphatic rings. The molecule has 1 fully saturated rings. The zero-order valence-electron chi connectivity index (χ0n) is 10.8. The Hall–Kier alpha value is -0.420. The van der Waals surface area contributed by atoms with E-state index in [1.54, 1.807) is 6.92 Å². The van der Waals surface area contributed by atoms with Crippen molar-refractivity contribution in [1.82, 2.24) is 4.90 Å². The van der Waals surface area contributed by atoms with E-state index in [2.05, 4.69) is 4.90 Å². The predicted molar refractivity (Wildman–Crippen MR) is 68.8 cm³/mol. The maximum atomic E-state index is 11.2. The summed E-state index contributed by atoms with van der Waals surface area (Å²) in [5.41, 5.74) is 0. The molecule has 1 aliphatic heterocycles. The molecule has 0 aromatic rings. The molecule has 1 rings (SSSR count). The smallest absolute Gasteiger partial charge is 0.148 e. The third kappa shape index (κ3) is 6.17. The molecule has 1 atom stereocenters. The van der Waals surface area contributed by atoms with E-state index in [1.165, 1.54) is 12.7 Å². The summed E-state index contributed by atoms with van der Waals surface area (Å²) in [6.07, 6.45) is 6.28. The lowest BCUT2D eigenvalue weighted by Crippen LogP contribution is -2.39. The highest BCUT2D eigenvalue weighted by Crippen LogP contribution is 2.19. The fourth-order valence-electron chi connectivity index (χ4n) is 2.38. The summed E-state index contributed by atoms with van der Waals surface area (Å²) < 4.78 is 22.4. The number of sulfone groups is 1. The van der Waals surface area contributed by atoms with Crippen LogP contribution in [0.5, 0.6) is 0 Å². The number of nitrogens with zero attached hydrogens (tertiary/aromatic N) is 1. The van der Waals surface area contributed by atoms with Gasteiger partial charge < -0.3 is 0 Å². The van der Waals surface area contributed by atoms with Gasteiger partial charge >= 0.3 is 0 Å². The highest BCUT2D eigenvalue weighted by molar-refractivity contribution is 7.90. The summed E-state index contributed by atoms with van der Waals surface area (Å²) in [4.78, 5) is 13.4. The average molecular weight is 261 g/mol. The minimum absolute atomic E-state index is 0.196. The van der Waals surface area contributed by atoms with E-state index in [-0.39, 0.29) is 17.6 Å². The van der Waals surface area contributed by atoms with Crippen LogP contribution in [0.3, 0.4) is 0 Å². The minimum atomic E-state index is -2.91. The van der Waals surface area contributed by atoms with Crippen LogP contribution >= 0.6 is 0 Å². The SMILES string of the molecule is CC(=O)CC1CCCCCN1CCS(C)(=O)=O. The van der Waals surface area contributed by atoms with Gasteiger partial charge in [0.1, 0.15) is 15.6 Å². The van der Waals surface area contributed by atoms with Crippen molar-refractivity contribution in [2.24, 2.45) is 0 Å².